The van der Waals surface area contributed by atoms with Crippen molar-refractivity contribution in [3.05, 3.63) is 82.4 Å². The Morgan fingerprint density at radius 1 is 1.07 bits per heavy atom. The molecule has 1 aliphatic heterocycles. The van der Waals surface area contributed by atoms with E-state index in [0.29, 0.717) is 48.8 Å². The van der Waals surface area contributed by atoms with E-state index in [1.165, 1.54) is 44.9 Å². The van der Waals surface area contributed by atoms with Gasteiger partial charge in [-0.15, -0.1) is 6.58 Å². The van der Waals surface area contributed by atoms with Crippen molar-refractivity contribution in [2.45, 2.75) is 101 Å². The third-order valence-corrected chi connectivity index (χ3v) is 12.2. The van der Waals surface area contributed by atoms with Gasteiger partial charge >= 0.3 is 0 Å². The number of nitrogens with zero attached hydrogens (tertiary/aromatic N) is 3. The molecule has 4 aliphatic rings. The van der Waals surface area contributed by atoms with Gasteiger partial charge in [0, 0.05) is 50.7 Å². The number of allylic oxidation sites excluding steroid dienone is 1. The van der Waals surface area contributed by atoms with E-state index in [9.17, 15) is 25.1 Å². The van der Waals surface area contributed by atoms with Crippen LogP contribution in [0.25, 0.3) is 0 Å². The van der Waals surface area contributed by atoms with Crippen LogP contribution in [0.4, 0.5) is 5.69 Å². The van der Waals surface area contributed by atoms with E-state index in [1.54, 1.807) is 24.3 Å². The number of likely N-dealkylation sites (N-methyl/N-ethyl adjacent to an activating group) is 1. The van der Waals surface area contributed by atoms with Gasteiger partial charge in [0.05, 0.1) is 29.2 Å². The van der Waals surface area contributed by atoms with Gasteiger partial charge in [0.1, 0.15) is 30.4 Å². The van der Waals surface area contributed by atoms with Gasteiger partial charge < -0.3 is 34.2 Å². The molecule has 3 aliphatic carbocycles. The lowest BCUT2D eigenvalue weighted by Gasteiger charge is -2.59. The highest BCUT2D eigenvalue weighted by atomic mass is 16.7. The molecule has 6 rings (SSSR count). The van der Waals surface area contributed by atoms with Crippen LogP contribution in [0.1, 0.15) is 95.0 Å². The molecule has 0 bridgehead atoms. The number of rotatable bonds is 19. The van der Waals surface area contributed by atoms with E-state index >= 15 is 0 Å². The van der Waals surface area contributed by atoms with Crippen molar-refractivity contribution >= 4 is 17.3 Å². The number of oxime groups is 1. The zero-order chi connectivity index (χ0) is 39.0. The summed E-state index contributed by atoms with van der Waals surface area (Å²) in [6.45, 7) is 4.37. The molecule has 298 valence electrons. The molecule has 2 saturated carbocycles. The first-order valence-electron chi connectivity index (χ1n) is 20.0. The molecule has 2 aromatic rings. The molecule has 1 heterocycles. The van der Waals surface area contributed by atoms with Crippen LogP contribution in [0.15, 0.2) is 71.9 Å². The minimum Gasteiger partial charge on any atom is -0.459 e. The molecule has 0 spiro atoms. The number of hydrogen-bond acceptors (Lipinski definition) is 10. The van der Waals surface area contributed by atoms with Gasteiger partial charge in [-0.2, -0.15) is 0 Å². The summed E-state index contributed by atoms with van der Waals surface area (Å²) in [5.41, 5.74) is 2.54. The fourth-order valence-corrected chi connectivity index (χ4v) is 9.67. The molecule has 2 fully saturated rings. The van der Waals surface area contributed by atoms with Gasteiger partial charge in [0.15, 0.2) is 0 Å². The maximum absolute atomic E-state index is 14.2. The third-order valence-electron chi connectivity index (χ3n) is 12.2. The molecule has 0 saturated heterocycles. The third kappa shape index (κ3) is 8.76. The summed E-state index contributed by atoms with van der Waals surface area (Å²) < 4.78 is 20.4. The summed E-state index contributed by atoms with van der Waals surface area (Å²) >= 11 is 0. The van der Waals surface area contributed by atoms with Crippen molar-refractivity contribution in [1.29, 1.82) is 0 Å². The van der Waals surface area contributed by atoms with Crippen molar-refractivity contribution in [2.75, 3.05) is 34.0 Å². The molecule has 1 amide bonds. The number of nitro benzene ring substituents is 1. The predicted molar refractivity (Wildman–Crippen MR) is 209 cm³/mol. The molecule has 0 aromatic heterocycles. The van der Waals surface area contributed by atoms with Crippen LogP contribution >= 0.6 is 0 Å². The van der Waals surface area contributed by atoms with Crippen molar-refractivity contribution in [3.8, 4) is 17.2 Å². The van der Waals surface area contributed by atoms with Crippen LogP contribution in [-0.4, -0.2) is 77.5 Å². The first-order chi connectivity index (χ1) is 26.7. The average Bonchev–Trinajstić information content (AvgIpc) is 3.72. The van der Waals surface area contributed by atoms with E-state index in [2.05, 4.69) is 17.8 Å². The fourth-order valence-electron chi connectivity index (χ4n) is 9.67. The Hall–Kier alpha value is -4.26. The number of aliphatic hydroxyl groups excluding tert-OH is 2. The predicted octanol–water partition coefficient (Wildman–Crippen LogP) is 8.08. The second kappa shape index (κ2) is 18.6. The molecule has 55 heavy (non-hydrogen) atoms. The van der Waals surface area contributed by atoms with Crippen LogP contribution in [0, 0.1) is 33.8 Å². The number of unbranched alkanes of at least 4 members (excludes halogenated alkanes) is 2. The van der Waals surface area contributed by atoms with Crippen LogP contribution in [0.5, 0.6) is 17.2 Å². The molecule has 0 radical (unpaired) electrons. The summed E-state index contributed by atoms with van der Waals surface area (Å²) in [6.07, 6.45) is 15.0. The second-order valence-corrected chi connectivity index (χ2v) is 15.5. The minimum absolute atomic E-state index is 0.0338. The topological polar surface area (TPSA) is 153 Å². The Kier molecular flexibility index (Phi) is 13.7. The summed E-state index contributed by atoms with van der Waals surface area (Å²) in [7, 11) is 3.39. The minimum atomic E-state index is -1.31. The number of ether oxygens (including phenoxy) is 3. The van der Waals surface area contributed by atoms with Crippen molar-refractivity contribution in [1.82, 2.24) is 4.90 Å². The highest BCUT2D eigenvalue weighted by Gasteiger charge is 2.65. The zero-order valence-corrected chi connectivity index (χ0v) is 32.3. The molecular formula is C43H57N3O9. The zero-order valence-electron chi connectivity index (χ0n) is 32.3. The number of carbonyl (C=O) groups is 1. The van der Waals surface area contributed by atoms with Gasteiger partial charge in [-0.1, -0.05) is 61.9 Å². The lowest BCUT2D eigenvalue weighted by molar-refractivity contribution is -0.384. The Bertz CT molecular complexity index is 1720. The van der Waals surface area contributed by atoms with Crippen LogP contribution in [-0.2, 0) is 14.4 Å². The maximum Gasteiger partial charge on any atom is 0.273 e. The number of nitro groups is 1. The normalized spacial score (nSPS) is 26.4. The van der Waals surface area contributed by atoms with Gasteiger partial charge in [-0.05, 0) is 79.7 Å². The largest absolute Gasteiger partial charge is 0.459 e. The number of hydrogen-bond donors (Lipinski definition) is 2. The molecule has 12 heteroatoms. The number of aliphatic hydroxyl groups is 2. The van der Waals surface area contributed by atoms with Gasteiger partial charge in [0.25, 0.3) is 5.69 Å². The van der Waals surface area contributed by atoms with Gasteiger partial charge in [0.2, 0.25) is 11.7 Å². The highest BCUT2D eigenvalue weighted by Crippen LogP contribution is 2.62. The van der Waals surface area contributed by atoms with E-state index in [0.717, 1.165) is 49.0 Å². The lowest BCUT2D eigenvalue weighted by Crippen LogP contribution is -2.69. The Morgan fingerprint density at radius 2 is 1.82 bits per heavy atom. The maximum atomic E-state index is 14.2. The molecule has 12 nitrogen and oxygen atoms in total. The highest BCUT2D eigenvalue weighted by molar-refractivity contribution is 6.03. The number of benzene rings is 2. The van der Waals surface area contributed by atoms with E-state index in [1.807, 2.05) is 24.1 Å². The number of fused-ring (bicyclic) bond motifs is 2. The molecule has 0 unspecified atom stereocenters. The molecule has 2 aromatic carbocycles. The average molecular weight is 760 g/mol. The number of amides is 1. The van der Waals surface area contributed by atoms with Crippen molar-refractivity contribution in [2.24, 2.45) is 28.8 Å². The summed E-state index contributed by atoms with van der Waals surface area (Å²) in [6, 6.07) is 11.2. The fraction of sp³-hybridized carbons (Fsp3) is 0.581. The van der Waals surface area contributed by atoms with Gasteiger partial charge in [-0.25, -0.2) is 0 Å². The first-order valence-corrected chi connectivity index (χ1v) is 20.0. The summed E-state index contributed by atoms with van der Waals surface area (Å²) in [4.78, 5) is 32.6. The van der Waals surface area contributed by atoms with Gasteiger partial charge in [-0.3, -0.25) is 14.9 Å². The van der Waals surface area contributed by atoms with E-state index < -0.39 is 22.7 Å². The lowest BCUT2D eigenvalue weighted by atomic mass is 9.55. The van der Waals surface area contributed by atoms with Crippen molar-refractivity contribution in [3.63, 3.8) is 0 Å². The van der Waals surface area contributed by atoms with E-state index in [-0.39, 0.29) is 49.2 Å². The smallest absolute Gasteiger partial charge is 0.273 e. The SMILES string of the molecule is C=CCO[C@@]12Oc3ccc(Oc4cccc([N+](=O)[O-])c4)cc3[C@H]3[C@H](CCCCO)[C@@H](CCCCO)C=C(C(=NOC)C[C@@H]1N(C)C(=O)CCC1CCCC1)[C@H]32. The van der Waals surface area contributed by atoms with E-state index in [4.69, 9.17) is 19.0 Å². The molecule has 6 atom stereocenters. The van der Waals surface area contributed by atoms with Crippen molar-refractivity contribution < 1.29 is 39.0 Å². The monoisotopic (exact) mass is 759 g/mol. The quantitative estimate of drug-likeness (QED) is 0.0627. The molecular weight excluding hydrogens is 702 g/mol. The number of non-ortho nitro benzene ring substituents is 1. The second-order valence-electron chi connectivity index (χ2n) is 15.5. The standard InChI is InChI=1S/C43H57N3O9/c1-4-24-53-43-39(45(2)40(49)21-18-29-12-5-6-13-29)28-37(44-52-3)35-25-30(14-7-9-22-47)34(17-8-10-23-48)41(42(35)43)36-27-33(19-20-38(36)55-43)54-32-16-11-15-31(26-32)46(50)51/h4,11,15-16,19-20,25-27,29-30,34,39,41-42,47-48H,1,5-10,12-14,17-18,21-24,28H2,2-3H3/t30-,34+,39-,41+,42+,43+/m0/s1. The Balaban J connectivity index is 1.50. The van der Waals surface area contributed by atoms with Crippen LogP contribution in [0.3, 0.4) is 0 Å². The first kappa shape index (κ1) is 40.4. The number of carbonyl (C=O) groups excluding carboxylic acids is 1. The van der Waals surface area contributed by atoms with Crippen LogP contribution < -0.4 is 9.47 Å². The van der Waals surface area contributed by atoms with Crippen LogP contribution in [0.2, 0.25) is 0 Å². The summed E-state index contributed by atoms with van der Waals surface area (Å²) in [5.74, 6) is 0.280. The summed E-state index contributed by atoms with van der Waals surface area (Å²) in [5, 5.41) is 35.8. The molecule has 2 N–H and O–H groups in total. The Morgan fingerprint density at radius 3 is 2.53 bits per heavy atom. The Labute approximate surface area is 324 Å².